The van der Waals surface area contributed by atoms with E-state index >= 15 is 0 Å². The minimum Gasteiger partial charge on any atom is -0.497 e. The van der Waals surface area contributed by atoms with Crippen molar-refractivity contribution < 1.29 is 23.9 Å². The molecule has 33 heavy (non-hydrogen) atoms. The zero-order valence-electron chi connectivity index (χ0n) is 18.2. The zero-order valence-corrected chi connectivity index (χ0v) is 19.0. The Bertz CT molecular complexity index is 1250. The molecule has 168 valence electrons. The lowest BCUT2D eigenvalue weighted by atomic mass is 10.0. The molecule has 0 bridgehead atoms. The van der Waals surface area contributed by atoms with E-state index in [-0.39, 0.29) is 11.4 Å². The van der Waals surface area contributed by atoms with Gasteiger partial charge in [-0.05, 0) is 65.9 Å². The first-order chi connectivity index (χ1) is 16.0. The monoisotopic (exact) mass is 462 g/mol. The quantitative estimate of drug-likeness (QED) is 0.502. The number of rotatable bonds is 7. The average molecular weight is 463 g/mol. The van der Waals surface area contributed by atoms with Crippen molar-refractivity contribution in [3.8, 4) is 11.5 Å². The Morgan fingerprint density at radius 2 is 1.82 bits per heavy atom. The molecule has 8 heteroatoms. The molecule has 0 spiro atoms. The Morgan fingerprint density at radius 1 is 1.06 bits per heavy atom. The summed E-state index contributed by atoms with van der Waals surface area (Å²) in [5.74, 6) is 0.304. The van der Waals surface area contributed by atoms with Crippen molar-refractivity contribution in [2.24, 2.45) is 0 Å². The van der Waals surface area contributed by atoms with Gasteiger partial charge in [0.2, 0.25) is 5.91 Å². The molecule has 1 aliphatic rings. The van der Waals surface area contributed by atoms with E-state index in [1.54, 1.807) is 37.5 Å². The summed E-state index contributed by atoms with van der Waals surface area (Å²) < 4.78 is 10.8. The van der Waals surface area contributed by atoms with Gasteiger partial charge in [-0.15, -0.1) is 0 Å². The van der Waals surface area contributed by atoms with Crippen LogP contribution in [0.2, 0.25) is 0 Å². The molecule has 4 rings (SSSR count). The van der Waals surface area contributed by atoms with Crippen molar-refractivity contribution in [2.75, 3.05) is 25.6 Å². The smallest absolute Gasteiger partial charge is 0.294 e. The number of methoxy groups -OCH3 is 1. The highest BCUT2D eigenvalue weighted by Gasteiger charge is 2.36. The van der Waals surface area contributed by atoms with Crippen LogP contribution in [0.1, 0.15) is 12.5 Å². The van der Waals surface area contributed by atoms with Gasteiger partial charge in [0, 0.05) is 11.3 Å². The first kappa shape index (κ1) is 22.4. The normalized spacial score (nSPS) is 14.7. The molecule has 7 nitrogen and oxygen atoms in total. The maximum Gasteiger partial charge on any atom is 0.294 e. The molecule has 1 heterocycles. The summed E-state index contributed by atoms with van der Waals surface area (Å²) in [6.07, 6.45) is 1.67. The Labute approximate surface area is 195 Å². The van der Waals surface area contributed by atoms with Crippen LogP contribution in [0.15, 0.2) is 65.6 Å². The molecule has 1 aliphatic heterocycles. The summed E-state index contributed by atoms with van der Waals surface area (Å²) in [4.78, 5) is 39.2. The number of ether oxygens (including phenoxy) is 2. The third kappa shape index (κ3) is 4.85. The van der Waals surface area contributed by atoms with E-state index in [1.165, 1.54) is 0 Å². The van der Waals surface area contributed by atoms with Gasteiger partial charge < -0.3 is 14.8 Å². The van der Waals surface area contributed by atoms with Gasteiger partial charge in [0.25, 0.3) is 11.1 Å². The predicted octanol–water partition coefficient (Wildman–Crippen LogP) is 4.92. The fourth-order valence-corrected chi connectivity index (χ4v) is 4.31. The van der Waals surface area contributed by atoms with Crippen molar-refractivity contribution in [1.29, 1.82) is 0 Å². The third-order valence-corrected chi connectivity index (χ3v) is 5.96. The van der Waals surface area contributed by atoms with Crippen LogP contribution in [0, 0.1) is 0 Å². The number of carbonyl (C=O) groups excluding carboxylic acids is 3. The molecule has 0 unspecified atom stereocenters. The number of carbonyl (C=O) groups is 3. The lowest BCUT2D eigenvalue weighted by Gasteiger charge is -2.13. The Kier molecular flexibility index (Phi) is 6.65. The number of nitrogens with one attached hydrogen (secondary N) is 1. The lowest BCUT2D eigenvalue weighted by Crippen LogP contribution is -2.36. The first-order valence-electron chi connectivity index (χ1n) is 10.3. The second-order valence-electron chi connectivity index (χ2n) is 7.18. The summed E-state index contributed by atoms with van der Waals surface area (Å²) in [5, 5.41) is 4.10. The average Bonchev–Trinajstić information content (AvgIpc) is 3.08. The largest absolute Gasteiger partial charge is 0.497 e. The molecule has 1 N–H and O–H groups in total. The van der Waals surface area contributed by atoms with E-state index in [1.807, 2.05) is 43.3 Å². The number of thioether (sulfide) groups is 1. The SMILES string of the molecule is CCOc1ccc2ccccc2c1/C=C1/SC(=O)N(CC(=O)Nc2ccc(OC)cc2)C1=O. The second kappa shape index (κ2) is 9.79. The molecule has 0 aliphatic carbocycles. The van der Waals surface area contributed by atoms with Crippen molar-refractivity contribution in [1.82, 2.24) is 4.90 Å². The van der Waals surface area contributed by atoms with Crippen LogP contribution < -0.4 is 14.8 Å². The van der Waals surface area contributed by atoms with Gasteiger partial charge in [-0.1, -0.05) is 30.3 Å². The van der Waals surface area contributed by atoms with E-state index < -0.39 is 17.1 Å². The molecule has 3 aromatic carbocycles. The Hall–Kier alpha value is -3.78. The standard InChI is InChI=1S/C25H22N2O5S/c1-3-32-21-13-8-16-6-4-5-7-19(16)20(21)14-22-24(29)27(25(30)33-22)15-23(28)26-17-9-11-18(31-2)12-10-17/h4-14H,3,15H2,1-2H3,(H,26,28)/b22-14+. The second-order valence-corrected chi connectivity index (χ2v) is 8.17. The summed E-state index contributed by atoms with van der Waals surface area (Å²) in [6, 6.07) is 18.3. The van der Waals surface area contributed by atoms with Crippen molar-refractivity contribution in [3.63, 3.8) is 0 Å². The number of hydrogen-bond acceptors (Lipinski definition) is 6. The van der Waals surface area contributed by atoms with Gasteiger partial charge in [0.1, 0.15) is 18.0 Å². The zero-order chi connectivity index (χ0) is 23.4. The predicted molar refractivity (Wildman–Crippen MR) is 129 cm³/mol. The fraction of sp³-hybridized carbons (Fsp3) is 0.160. The van der Waals surface area contributed by atoms with Crippen LogP contribution in [0.25, 0.3) is 16.8 Å². The van der Waals surface area contributed by atoms with Crippen LogP contribution in [0.3, 0.4) is 0 Å². The van der Waals surface area contributed by atoms with Crippen molar-refractivity contribution in [3.05, 3.63) is 71.1 Å². The van der Waals surface area contributed by atoms with E-state index in [0.29, 0.717) is 23.8 Å². The molecule has 1 fully saturated rings. The molecule has 3 aromatic rings. The van der Waals surface area contributed by atoms with Gasteiger partial charge in [-0.3, -0.25) is 19.3 Å². The number of anilines is 1. The van der Waals surface area contributed by atoms with Crippen LogP contribution in [-0.4, -0.2) is 42.2 Å². The lowest BCUT2D eigenvalue weighted by molar-refractivity contribution is -0.127. The highest BCUT2D eigenvalue weighted by atomic mass is 32.2. The molecule has 3 amide bonds. The Morgan fingerprint density at radius 3 is 2.55 bits per heavy atom. The molecule has 0 saturated carbocycles. The molecule has 0 radical (unpaired) electrons. The van der Waals surface area contributed by atoms with Crippen LogP contribution in [0.5, 0.6) is 11.5 Å². The van der Waals surface area contributed by atoms with Crippen LogP contribution in [0.4, 0.5) is 10.5 Å². The van der Waals surface area contributed by atoms with Gasteiger partial charge in [0.15, 0.2) is 0 Å². The number of fused-ring (bicyclic) bond motifs is 1. The number of imide groups is 1. The van der Waals surface area contributed by atoms with E-state index in [2.05, 4.69) is 5.32 Å². The molecule has 1 saturated heterocycles. The van der Waals surface area contributed by atoms with Gasteiger partial charge in [-0.25, -0.2) is 0 Å². The summed E-state index contributed by atoms with van der Waals surface area (Å²) in [7, 11) is 1.55. The fourth-order valence-electron chi connectivity index (χ4n) is 3.49. The highest BCUT2D eigenvalue weighted by molar-refractivity contribution is 8.18. The molecule has 0 aromatic heterocycles. The first-order valence-corrected chi connectivity index (χ1v) is 11.2. The summed E-state index contributed by atoms with van der Waals surface area (Å²) >= 11 is 0.812. The maximum absolute atomic E-state index is 13.0. The molecule has 0 atom stereocenters. The van der Waals surface area contributed by atoms with E-state index in [0.717, 1.165) is 33.0 Å². The number of benzene rings is 3. The van der Waals surface area contributed by atoms with Crippen LogP contribution in [-0.2, 0) is 9.59 Å². The van der Waals surface area contributed by atoms with Gasteiger partial charge in [0.05, 0.1) is 18.6 Å². The van der Waals surface area contributed by atoms with Crippen LogP contribution >= 0.6 is 11.8 Å². The molecular weight excluding hydrogens is 440 g/mol. The van der Waals surface area contributed by atoms with E-state index in [9.17, 15) is 14.4 Å². The third-order valence-electron chi connectivity index (χ3n) is 5.06. The number of amides is 3. The van der Waals surface area contributed by atoms with Gasteiger partial charge >= 0.3 is 0 Å². The van der Waals surface area contributed by atoms with E-state index in [4.69, 9.17) is 9.47 Å². The highest BCUT2D eigenvalue weighted by Crippen LogP contribution is 2.36. The number of nitrogens with zero attached hydrogens (tertiary/aromatic N) is 1. The van der Waals surface area contributed by atoms with Crippen molar-refractivity contribution >= 4 is 51.4 Å². The number of hydrogen-bond donors (Lipinski definition) is 1. The van der Waals surface area contributed by atoms with Gasteiger partial charge in [-0.2, -0.15) is 0 Å². The molecular formula is C25H22N2O5S. The maximum atomic E-state index is 13.0. The summed E-state index contributed by atoms with van der Waals surface area (Å²) in [5.41, 5.74) is 1.27. The minimum absolute atomic E-state index is 0.245. The minimum atomic E-state index is -0.509. The summed E-state index contributed by atoms with van der Waals surface area (Å²) in [6.45, 7) is 1.97. The topological polar surface area (TPSA) is 84.9 Å². The van der Waals surface area contributed by atoms with Crippen molar-refractivity contribution in [2.45, 2.75) is 6.92 Å². The Balaban J connectivity index is 1.55.